The highest BCUT2D eigenvalue weighted by Gasteiger charge is 2.12. The molecule has 2 amide bonds. The Hall–Kier alpha value is -4.02. The van der Waals surface area contributed by atoms with E-state index in [1.807, 2.05) is 24.3 Å². The normalized spacial score (nSPS) is 14.3. The molecule has 0 atom stereocenters. The number of hydrogen-bond donors (Lipinski definition) is 3. The van der Waals surface area contributed by atoms with Crippen LogP contribution in [0.25, 0.3) is 17.2 Å². The number of pyridine rings is 1. The highest BCUT2D eigenvalue weighted by Crippen LogP contribution is 2.26. The maximum atomic E-state index is 12.5. The Kier molecular flexibility index (Phi) is 7.31. The van der Waals surface area contributed by atoms with E-state index >= 15 is 0 Å². The molecule has 3 N–H and O–H groups in total. The van der Waals surface area contributed by atoms with Gasteiger partial charge in [-0.15, -0.1) is 0 Å². The summed E-state index contributed by atoms with van der Waals surface area (Å²) in [6.45, 7) is 4.22. The number of aryl methyl sites for hydroxylation is 1. The number of rotatable bonds is 7. The molecule has 1 aliphatic heterocycles. The third-order valence-corrected chi connectivity index (χ3v) is 5.33. The van der Waals surface area contributed by atoms with Gasteiger partial charge in [0.2, 0.25) is 5.91 Å². The summed E-state index contributed by atoms with van der Waals surface area (Å²) in [5.41, 5.74) is 4.00. The molecule has 3 aromatic rings. The zero-order valence-corrected chi connectivity index (χ0v) is 18.8. The monoisotopic (exact) mass is 462 g/mol. The van der Waals surface area contributed by atoms with Gasteiger partial charge in [-0.05, 0) is 35.4 Å². The Labute approximate surface area is 196 Å². The predicted octanol–water partition coefficient (Wildman–Crippen LogP) is 3.06. The zero-order chi connectivity index (χ0) is 23.9. The average Bonchev–Trinajstić information content (AvgIpc) is 3.26. The van der Waals surface area contributed by atoms with E-state index in [4.69, 9.17) is 9.84 Å². The molecule has 10 nitrogen and oxygen atoms in total. The third-order valence-electron chi connectivity index (χ3n) is 5.33. The summed E-state index contributed by atoms with van der Waals surface area (Å²) < 4.78 is 7.02. The smallest absolute Gasteiger partial charge is 0.410 e. The maximum Gasteiger partial charge on any atom is 0.410 e. The van der Waals surface area contributed by atoms with Crippen molar-refractivity contribution in [1.82, 2.24) is 19.7 Å². The van der Waals surface area contributed by atoms with Gasteiger partial charge in [0.1, 0.15) is 5.82 Å². The molecule has 4 rings (SSSR count). The minimum Gasteiger partial charge on any atom is -0.465 e. The molecular formula is C24H26N6O4. The Morgan fingerprint density at radius 2 is 1.91 bits per heavy atom. The van der Waals surface area contributed by atoms with Crippen molar-refractivity contribution in [3.63, 3.8) is 0 Å². The van der Waals surface area contributed by atoms with Crippen molar-refractivity contribution in [1.29, 1.82) is 0 Å². The van der Waals surface area contributed by atoms with Crippen molar-refractivity contribution < 1.29 is 19.4 Å². The molecule has 0 saturated carbocycles. The highest BCUT2D eigenvalue weighted by atomic mass is 16.5. The standard InChI is InChI=1S/C24H26N6O4/c1-29-16-19(14-26-29)21-12-22(28-24(32)33)25-13-18(21)4-7-23(31)27-20-5-2-17(3-6-20)15-30-8-10-34-11-9-30/h2-7,12-14,16H,8-11,15H2,1H3,(H,25,28)(H,27,31)(H,32,33)/b7-4-. The number of carboxylic acid groups (broad SMARTS) is 1. The summed E-state index contributed by atoms with van der Waals surface area (Å²) >= 11 is 0. The number of morpholine rings is 1. The molecule has 0 aliphatic carbocycles. The second-order valence-corrected chi connectivity index (χ2v) is 7.90. The van der Waals surface area contributed by atoms with E-state index in [9.17, 15) is 9.59 Å². The van der Waals surface area contributed by atoms with Crippen LogP contribution in [0.3, 0.4) is 0 Å². The summed E-state index contributed by atoms with van der Waals surface area (Å²) in [5, 5.41) is 18.2. The van der Waals surface area contributed by atoms with E-state index < -0.39 is 6.09 Å². The number of carbonyl (C=O) groups excluding carboxylic acids is 1. The van der Waals surface area contributed by atoms with Crippen LogP contribution < -0.4 is 10.6 Å². The highest BCUT2D eigenvalue weighted by molar-refractivity contribution is 6.02. The lowest BCUT2D eigenvalue weighted by Gasteiger charge is -2.26. The number of nitrogens with one attached hydrogen (secondary N) is 2. The Morgan fingerprint density at radius 1 is 1.15 bits per heavy atom. The van der Waals surface area contributed by atoms with Crippen LogP contribution in [0.15, 0.2) is 55.0 Å². The van der Waals surface area contributed by atoms with E-state index in [1.165, 1.54) is 17.8 Å². The van der Waals surface area contributed by atoms with Gasteiger partial charge in [0.25, 0.3) is 0 Å². The lowest BCUT2D eigenvalue weighted by Crippen LogP contribution is -2.35. The van der Waals surface area contributed by atoms with Crippen LogP contribution in [-0.2, 0) is 23.1 Å². The molecule has 0 bridgehead atoms. The first kappa shape index (κ1) is 23.1. The summed E-state index contributed by atoms with van der Waals surface area (Å²) in [7, 11) is 1.79. The lowest BCUT2D eigenvalue weighted by atomic mass is 10.0. The summed E-state index contributed by atoms with van der Waals surface area (Å²) in [4.78, 5) is 29.9. The van der Waals surface area contributed by atoms with Gasteiger partial charge in [-0.2, -0.15) is 5.10 Å². The van der Waals surface area contributed by atoms with Crippen LogP contribution in [0.4, 0.5) is 16.3 Å². The molecule has 1 saturated heterocycles. The molecule has 176 valence electrons. The van der Waals surface area contributed by atoms with Crippen molar-refractivity contribution in [2.45, 2.75) is 6.54 Å². The first-order valence-electron chi connectivity index (χ1n) is 10.8. The van der Waals surface area contributed by atoms with E-state index in [-0.39, 0.29) is 11.7 Å². The van der Waals surface area contributed by atoms with Gasteiger partial charge in [0.15, 0.2) is 0 Å². The number of ether oxygens (including phenoxy) is 1. The second kappa shape index (κ2) is 10.7. The number of anilines is 2. The summed E-state index contributed by atoms with van der Waals surface area (Å²) in [6, 6.07) is 9.39. The molecule has 0 spiro atoms. The molecule has 1 aromatic carbocycles. The topological polar surface area (TPSA) is 122 Å². The summed E-state index contributed by atoms with van der Waals surface area (Å²) in [6.07, 6.45) is 6.83. The fourth-order valence-electron chi connectivity index (χ4n) is 3.65. The van der Waals surface area contributed by atoms with Gasteiger partial charge in [-0.3, -0.25) is 19.7 Å². The Morgan fingerprint density at radius 3 is 2.59 bits per heavy atom. The molecule has 0 unspecified atom stereocenters. The van der Waals surface area contributed by atoms with E-state index in [0.29, 0.717) is 16.8 Å². The van der Waals surface area contributed by atoms with E-state index in [0.717, 1.165) is 38.4 Å². The SMILES string of the molecule is Cn1cc(-c2cc(NC(=O)O)ncc2/C=C\C(=O)Nc2ccc(CN3CCOCC3)cc2)cn1. The van der Waals surface area contributed by atoms with Crippen LogP contribution in [-0.4, -0.2) is 63.1 Å². The van der Waals surface area contributed by atoms with Crippen molar-refractivity contribution >= 4 is 29.6 Å². The van der Waals surface area contributed by atoms with Crippen LogP contribution in [0.1, 0.15) is 11.1 Å². The van der Waals surface area contributed by atoms with Gasteiger partial charge in [0, 0.05) is 62.0 Å². The molecule has 0 radical (unpaired) electrons. The lowest BCUT2D eigenvalue weighted by molar-refractivity contribution is -0.111. The van der Waals surface area contributed by atoms with Crippen LogP contribution in [0.2, 0.25) is 0 Å². The van der Waals surface area contributed by atoms with Gasteiger partial charge in [-0.1, -0.05) is 12.1 Å². The predicted molar refractivity (Wildman–Crippen MR) is 128 cm³/mol. The first-order chi connectivity index (χ1) is 16.5. The number of carbonyl (C=O) groups is 2. The van der Waals surface area contributed by atoms with Gasteiger partial charge >= 0.3 is 6.09 Å². The molecular weight excluding hydrogens is 436 g/mol. The van der Waals surface area contributed by atoms with Crippen molar-refractivity contribution in [3.05, 3.63) is 66.1 Å². The van der Waals surface area contributed by atoms with Crippen molar-refractivity contribution in [3.8, 4) is 11.1 Å². The molecule has 2 aromatic heterocycles. The number of hydrogen-bond acceptors (Lipinski definition) is 6. The van der Waals surface area contributed by atoms with Gasteiger partial charge in [0.05, 0.1) is 19.4 Å². The van der Waals surface area contributed by atoms with Crippen molar-refractivity contribution in [2.24, 2.45) is 7.05 Å². The number of amides is 2. The van der Waals surface area contributed by atoms with E-state index in [2.05, 4.69) is 25.6 Å². The summed E-state index contributed by atoms with van der Waals surface area (Å²) in [5.74, 6) is -0.101. The molecule has 34 heavy (non-hydrogen) atoms. The first-order valence-corrected chi connectivity index (χ1v) is 10.8. The fraction of sp³-hybridized carbons (Fsp3) is 0.250. The van der Waals surface area contributed by atoms with Crippen LogP contribution in [0, 0.1) is 0 Å². The average molecular weight is 463 g/mol. The minimum absolute atomic E-state index is 0.185. The molecule has 3 heterocycles. The second-order valence-electron chi connectivity index (χ2n) is 7.90. The maximum absolute atomic E-state index is 12.5. The number of benzene rings is 1. The zero-order valence-electron chi connectivity index (χ0n) is 18.8. The number of nitrogens with zero attached hydrogens (tertiary/aromatic N) is 4. The quantitative estimate of drug-likeness (QED) is 0.461. The van der Waals surface area contributed by atoms with Crippen LogP contribution in [0.5, 0.6) is 0 Å². The third kappa shape index (κ3) is 6.27. The van der Waals surface area contributed by atoms with Crippen LogP contribution >= 0.6 is 0 Å². The minimum atomic E-state index is -1.21. The molecule has 10 heteroatoms. The molecule has 1 fully saturated rings. The van der Waals surface area contributed by atoms with E-state index in [1.54, 1.807) is 36.3 Å². The largest absolute Gasteiger partial charge is 0.465 e. The fourth-order valence-corrected chi connectivity index (χ4v) is 3.65. The molecule has 1 aliphatic rings. The van der Waals surface area contributed by atoms with Gasteiger partial charge in [-0.25, -0.2) is 9.78 Å². The van der Waals surface area contributed by atoms with Gasteiger partial charge < -0.3 is 15.2 Å². The Bertz CT molecular complexity index is 1180. The van der Waals surface area contributed by atoms with Crippen molar-refractivity contribution in [2.75, 3.05) is 36.9 Å². The Balaban J connectivity index is 1.43. The number of aromatic nitrogens is 3.